The lowest BCUT2D eigenvalue weighted by Gasteiger charge is -2.48. The van der Waals surface area contributed by atoms with E-state index in [1.165, 1.54) is 45.0 Å². The van der Waals surface area contributed by atoms with Gasteiger partial charge in [0.25, 0.3) is 0 Å². The summed E-state index contributed by atoms with van der Waals surface area (Å²) in [4.78, 5) is 74.0. The molecule has 8 aliphatic rings. The Morgan fingerprint density at radius 1 is 0.230 bits per heavy atom. The van der Waals surface area contributed by atoms with Gasteiger partial charge in [-0.3, -0.25) is 0 Å². The van der Waals surface area contributed by atoms with Gasteiger partial charge in [0, 0.05) is 153 Å². The maximum Gasteiger partial charge on any atom is 0.344 e. The third-order valence-electron chi connectivity index (χ3n) is 34.5. The van der Waals surface area contributed by atoms with E-state index in [1.807, 2.05) is 12.1 Å². The van der Waals surface area contributed by atoms with Gasteiger partial charge in [-0.2, -0.15) is 0 Å². The van der Waals surface area contributed by atoms with Crippen molar-refractivity contribution in [2.75, 3.05) is 81.8 Å². The molecule has 698 valence electrons. The fourth-order valence-corrected chi connectivity index (χ4v) is 25.7. The van der Waals surface area contributed by atoms with Crippen LogP contribution in [0.15, 0.2) is 261 Å². The molecule has 13 aromatic carbocycles. The maximum absolute atomic E-state index is 15.3. The molecule has 4 aromatic heterocycles. The largest absolute Gasteiger partial charge is 0.422 e. The van der Waals surface area contributed by atoms with Gasteiger partial charge in [-0.1, -0.05) is 219 Å². The standard InChI is InChI=1S/C125H120N6O8/c1-71-18-39-91-95(60-71)90(96-66-82-70-100-109-105(113(82)139-117(96)135)125(16,17)51-59-129(109)55-47-121(100,8)9)42-43-101(91)131(85-32-27-75(28-33-85)93-64-80-68-98-107-103(111(80)137-115(93)133)123(12,13)49-57-127(107)53-45-119(98,4)5)86-36-34-84(35-37-86)130(83-30-25-73(26-31-83)72-19-21-74(22-20-72)92-63-79-67-97-106-102(110(79)136-114(92)132)122(10,11)48-56-126(106)52-44-118(97,2)3)87-38-41-89-78(62-87)24-23-76-61-77(29-40-88(76)89)94-65-81-69-99-108-104(112(81)138-116(94)134)124(14,15)50-58-128(108)54-46-120(99,6)7/h18-43,60-70H,44-59H2,1-17H3. The molecule has 0 N–H and O–H groups in total. The highest BCUT2D eigenvalue weighted by Crippen LogP contribution is 2.59. The zero-order valence-electron chi connectivity index (χ0n) is 83.1. The highest BCUT2D eigenvalue weighted by Gasteiger charge is 2.48. The Labute approximate surface area is 811 Å². The van der Waals surface area contributed by atoms with Crippen molar-refractivity contribution in [2.24, 2.45) is 0 Å². The smallest absolute Gasteiger partial charge is 0.344 e. The number of benzene rings is 13. The first-order chi connectivity index (χ1) is 66.3. The lowest BCUT2D eigenvalue weighted by molar-refractivity contribution is 0.398. The number of anilines is 10. The van der Waals surface area contributed by atoms with E-state index in [9.17, 15) is 14.4 Å². The molecule has 0 atom stereocenters. The van der Waals surface area contributed by atoms with Crippen molar-refractivity contribution >= 4 is 133 Å². The Bertz CT molecular complexity index is 8460. The molecule has 0 bridgehead atoms. The summed E-state index contributed by atoms with van der Waals surface area (Å²) in [7, 11) is 0. The Kier molecular flexibility index (Phi) is 18.8. The van der Waals surface area contributed by atoms with Gasteiger partial charge in [-0.15, -0.1) is 0 Å². The summed E-state index contributed by atoms with van der Waals surface area (Å²) in [5, 5.41) is 9.79. The molecule has 139 heavy (non-hydrogen) atoms. The van der Waals surface area contributed by atoms with Crippen molar-refractivity contribution in [3.63, 3.8) is 0 Å². The minimum atomic E-state index is -0.376. The third-order valence-corrected chi connectivity index (χ3v) is 34.5. The Hall–Kier alpha value is -13.7. The second kappa shape index (κ2) is 30.2. The first-order valence-electron chi connectivity index (χ1n) is 50.5. The van der Waals surface area contributed by atoms with Crippen LogP contribution in [0.3, 0.4) is 0 Å². The molecule has 0 radical (unpaired) electrons. The van der Waals surface area contributed by atoms with E-state index < -0.39 is 0 Å². The van der Waals surface area contributed by atoms with Crippen LogP contribution in [0.1, 0.15) is 212 Å². The number of rotatable bonds is 11. The molecule has 12 heterocycles. The van der Waals surface area contributed by atoms with Crippen LogP contribution in [0.25, 0.3) is 132 Å². The number of hydrogen-bond donors (Lipinski definition) is 0. The molecule has 0 unspecified atom stereocenters. The molecule has 14 nitrogen and oxygen atoms in total. The third kappa shape index (κ3) is 13.5. The average molecular weight is 1830 g/mol. The van der Waals surface area contributed by atoms with E-state index in [1.54, 1.807) is 0 Å². The first-order valence-corrected chi connectivity index (χ1v) is 50.5. The van der Waals surface area contributed by atoms with Crippen LogP contribution >= 0.6 is 0 Å². The summed E-state index contributed by atoms with van der Waals surface area (Å²) >= 11 is 0. The monoisotopic (exact) mass is 1830 g/mol. The van der Waals surface area contributed by atoms with Gasteiger partial charge in [-0.25, -0.2) is 19.2 Å². The highest BCUT2D eigenvalue weighted by molar-refractivity contribution is 6.11. The molecule has 25 rings (SSSR count). The van der Waals surface area contributed by atoms with Gasteiger partial charge >= 0.3 is 22.5 Å². The molecular weight excluding hydrogens is 1710 g/mol. The van der Waals surface area contributed by atoms with Gasteiger partial charge in [0.1, 0.15) is 22.3 Å². The van der Waals surface area contributed by atoms with Crippen molar-refractivity contribution in [3.05, 3.63) is 316 Å². The molecule has 0 aliphatic carbocycles. The maximum atomic E-state index is 15.3. The fraction of sp³-hybridized carbons (Fsp3) is 0.328. The Morgan fingerprint density at radius 2 is 0.518 bits per heavy atom. The highest BCUT2D eigenvalue weighted by atomic mass is 16.4. The Morgan fingerprint density at radius 3 is 0.906 bits per heavy atom. The minimum Gasteiger partial charge on any atom is -0.422 e. The molecule has 8 aliphatic heterocycles. The van der Waals surface area contributed by atoms with Crippen LogP contribution < -0.4 is 51.9 Å². The van der Waals surface area contributed by atoms with Crippen LogP contribution in [-0.4, -0.2) is 52.4 Å². The molecule has 0 saturated heterocycles. The average Bonchev–Trinajstić information content (AvgIpc) is 0.719. The van der Waals surface area contributed by atoms with Gasteiger partial charge in [0.15, 0.2) is 0 Å². The van der Waals surface area contributed by atoms with Crippen molar-refractivity contribution in [3.8, 4) is 55.6 Å². The second-order valence-electron chi connectivity index (χ2n) is 47.0. The van der Waals surface area contributed by atoms with E-state index in [4.69, 9.17) is 17.7 Å². The summed E-state index contributed by atoms with van der Waals surface area (Å²) in [5.74, 6) is 0. The number of hydrogen-bond acceptors (Lipinski definition) is 14. The van der Waals surface area contributed by atoms with E-state index in [2.05, 4.69) is 359 Å². The molecule has 17 aromatic rings. The number of nitrogens with zero attached hydrogens (tertiary/aromatic N) is 6. The van der Waals surface area contributed by atoms with Crippen molar-refractivity contribution in [1.29, 1.82) is 0 Å². The summed E-state index contributed by atoms with van der Waals surface area (Å²) in [6, 6.07) is 80.0. The predicted molar refractivity (Wildman–Crippen MR) is 574 cm³/mol. The van der Waals surface area contributed by atoms with Crippen LogP contribution in [-0.2, 0) is 43.3 Å². The van der Waals surface area contributed by atoms with Crippen molar-refractivity contribution < 1.29 is 17.7 Å². The normalized spacial score (nSPS) is 18.5. The lowest BCUT2D eigenvalue weighted by atomic mass is 9.69. The van der Waals surface area contributed by atoms with E-state index in [0.29, 0.717) is 44.6 Å². The second-order valence-corrected chi connectivity index (χ2v) is 47.0. The molecule has 0 saturated carbocycles. The minimum absolute atomic E-state index is 0.0328. The first kappa shape index (κ1) is 86.8. The van der Waals surface area contributed by atoms with Crippen molar-refractivity contribution in [2.45, 2.75) is 212 Å². The van der Waals surface area contributed by atoms with Gasteiger partial charge in [0.2, 0.25) is 0 Å². The SMILES string of the molecule is Cc1ccc2c(N(c3ccc(-c4cc5cc6c7c(c5oc4=O)C(C)(C)CCN7CCC6(C)C)cc3)c3ccc(N(c4ccc(-c5ccc(-c6cc7cc8c9c(c7oc6=O)C(C)(C)CCN9CCC8(C)C)cc5)cc4)c4ccc5c(ccc6cc(-c7cc8cc9c%10c(c8oc7=O)C(C)(C)CCN%10CCC9(C)C)ccc65)c4)cc3)ccc(-c3cc4cc5c6c(c4oc3=O)C(C)(C)CCN6CCC5(C)C)c2c1. The summed E-state index contributed by atoms with van der Waals surface area (Å²) in [6.07, 6.45) is 8.08. The van der Waals surface area contributed by atoms with Crippen LogP contribution in [0.4, 0.5) is 56.9 Å². The van der Waals surface area contributed by atoms with Gasteiger partial charge in [-0.05, 0) is 306 Å². The Balaban J connectivity index is 0.619. The van der Waals surface area contributed by atoms with Crippen LogP contribution in [0, 0.1) is 6.92 Å². The fourth-order valence-electron chi connectivity index (χ4n) is 25.7. The van der Waals surface area contributed by atoms with Crippen LogP contribution in [0.2, 0.25) is 0 Å². The van der Waals surface area contributed by atoms with E-state index in [0.717, 1.165) is 253 Å². The van der Waals surface area contributed by atoms with Gasteiger partial charge < -0.3 is 47.1 Å². The number of fused-ring (bicyclic) bond motifs is 12. The van der Waals surface area contributed by atoms with E-state index in [-0.39, 0.29) is 65.8 Å². The topological polar surface area (TPSA) is 140 Å². The lowest BCUT2D eigenvalue weighted by Crippen LogP contribution is -2.44. The summed E-state index contributed by atoms with van der Waals surface area (Å²) < 4.78 is 26.5. The molecule has 14 heteroatoms. The van der Waals surface area contributed by atoms with E-state index >= 15 is 4.79 Å². The summed E-state index contributed by atoms with van der Waals surface area (Å²) in [5.41, 5.74) is 28.8. The molecule has 0 spiro atoms. The summed E-state index contributed by atoms with van der Waals surface area (Å²) in [6.45, 7) is 47.1. The zero-order valence-corrected chi connectivity index (χ0v) is 83.1. The molecule has 0 amide bonds. The molecule has 0 fully saturated rings. The van der Waals surface area contributed by atoms with Crippen LogP contribution in [0.5, 0.6) is 0 Å². The molecular formula is C125H120N6O8. The van der Waals surface area contributed by atoms with Crippen molar-refractivity contribution in [1.82, 2.24) is 0 Å². The number of aryl methyl sites for hydroxylation is 1. The van der Waals surface area contributed by atoms with Gasteiger partial charge in [0.05, 0.1) is 27.9 Å². The predicted octanol–water partition coefficient (Wildman–Crippen LogP) is 29.8. The zero-order chi connectivity index (χ0) is 95.9. The quantitative estimate of drug-likeness (QED) is 0.0896.